The van der Waals surface area contributed by atoms with E-state index in [4.69, 9.17) is 24.4 Å². The summed E-state index contributed by atoms with van der Waals surface area (Å²) >= 11 is 10.5. The zero-order valence-electron chi connectivity index (χ0n) is 36.4. The fourth-order valence-corrected chi connectivity index (χ4v) is 7.19. The highest BCUT2D eigenvalue weighted by Gasteiger charge is 2.40. The molecule has 7 nitrogen and oxygen atoms in total. The van der Waals surface area contributed by atoms with Crippen molar-refractivity contribution in [3.63, 3.8) is 0 Å². The van der Waals surface area contributed by atoms with Gasteiger partial charge < -0.3 is 31.9 Å². The number of anilines is 3. The molecule has 0 aliphatic rings. The minimum atomic E-state index is -5.32. The van der Waals surface area contributed by atoms with Crippen molar-refractivity contribution in [2.24, 2.45) is 4.99 Å². The minimum Gasteiger partial charge on any atom is -0.358 e. The first kappa shape index (κ1) is 59.3. The summed E-state index contributed by atoms with van der Waals surface area (Å²) in [4.78, 5) is 4.34. The Kier molecular flexibility index (Phi) is 19.3. The molecule has 0 amide bonds. The van der Waals surface area contributed by atoms with Gasteiger partial charge in [-0.1, -0.05) is 60.7 Å². The molecule has 0 unspecified atom stereocenters. The van der Waals surface area contributed by atoms with Gasteiger partial charge in [0.15, 0.2) is 16.2 Å². The van der Waals surface area contributed by atoms with Crippen LogP contribution >= 0.6 is 36.8 Å². The maximum atomic E-state index is 14.0. The summed E-state index contributed by atoms with van der Waals surface area (Å²) in [6.07, 6.45) is -31.7. The lowest BCUT2D eigenvalue weighted by atomic mass is 10.1. The van der Waals surface area contributed by atoms with Crippen LogP contribution in [0.15, 0.2) is 120 Å². The molecule has 6 N–H and O–H groups in total. The van der Waals surface area contributed by atoms with Gasteiger partial charge in [-0.3, -0.25) is 4.99 Å². The fraction of sp³-hybridized carbons (Fsp3) is 0.267. The van der Waals surface area contributed by atoms with Crippen molar-refractivity contribution in [3.05, 3.63) is 160 Å². The second kappa shape index (κ2) is 23.8. The number of rotatable bonds is 13. The lowest BCUT2D eigenvalue weighted by Gasteiger charge is -2.25. The van der Waals surface area contributed by atoms with Crippen molar-refractivity contribution in [2.45, 2.75) is 62.0 Å². The molecule has 5 rings (SSSR count). The quantitative estimate of drug-likeness (QED) is 0.0301. The Bertz CT molecular complexity index is 2590. The topological polar surface area (TPSA) is 84.5 Å². The average molecular weight is 1120 g/mol. The van der Waals surface area contributed by atoms with Gasteiger partial charge in [-0.05, 0) is 103 Å². The first-order valence-electron chi connectivity index (χ1n) is 20.4. The molecular formula is C45H36ClF18N7S2. The van der Waals surface area contributed by atoms with Crippen molar-refractivity contribution in [1.29, 1.82) is 0 Å². The Hall–Kier alpha value is -6.22. The van der Waals surface area contributed by atoms with Crippen molar-refractivity contribution in [1.82, 2.24) is 16.0 Å². The van der Waals surface area contributed by atoms with Crippen LogP contribution in [0.1, 0.15) is 44.5 Å². The van der Waals surface area contributed by atoms with Gasteiger partial charge in [-0.15, -0.1) is 12.4 Å². The van der Waals surface area contributed by atoms with Gasteiger partial charge in [-0.2, -0.15) is 79.0 Å². The molecule has 0 fully saturated rings. The van der Waals surface area contributed by atoms with Gasteiger partial charge in [0.2, 0.25) is 0 Å². The average Bonchev–Trinajstić information content (AvgIpc) is 3.25. The van der Waals surface area contributed by atoms with Crippen LogP contribution in [0.2, 0.25) is 0 Å². The highest BCUT2D eigenvalue weighted by molar-refractivity contribution is 7.80. The summed E-state index contributed by atoms with van der Waals surface area (Å²) in [6, 6.07) is 15.5. The highest BCUT2D eigenvalue weighted by atomic mass is 35.5. The van der Waals surface area contributed by atoms with Crippen LogP contribution in [0.3, 0.4) is 0 Å². The van der Waals surface area contributed by atoms with E-state index in [0.29, 0.717) is 47.5 Å². The Morgan fingerprint density at radius 1 is 0.411 bits per heavy atom. The maximum absolute atomic E-state index is 14.0. The van der Waals surface area contributed by atoms with Gasteiger partial charge in [0.25, 0.3) is 0 Å². The Balaban J connectivity index is 0.0000116. The zero-order valence-corrected chi connectivity index (χ0v) is 38.9. The van der Waals surface area contributed by atoms with Crippen LogP contribution in [0.5, 0.6) is 0 Å². The van der Waals surface area contributed by atoms with Crippen molar-refractivity contribution in [3.8, 4) is 0 Å². The standard InChI is InChI=1S/C45H35F18N7S2.ClH/c46-40(47,48)26-13-27(41(49,50)51)17-32(16-26)66-37(64-22-35(11-24-7-3-1-4-8-24)69-38(71)67-33-18-28(42(52,53)54)14-29(19-33)43(55,56)57)65-23-36(12-25-9-5-2-6-10-25)70-39(72)68-34-20-30(44(58,59)60)15-31(21-34)45(61,62)63;/h1-10,13-21,35-36H,11-12,22-23H2,(H2,64,65,66)(H2,67,69,71)(H2,68,70,72);1H/t35-,36-;/m0./s1. The summed E-state index contributed by atoms with van der Waals surface area (Å²) in [5.41, 5.74) is -11.5. The van der Waals surface area contributed by atoms with E-state index in [1.165, 1.54) is 0 Å². The normalized spacial score (nSPS) is 13.5. The van der Waals surface area contributed by atoms with Crippen LogP contribution in [0.4, 0.5) is 96.1 Å². The van der Waals surface area contributed by atoms with E-state index in [9.17, 15) is 79.0 Å². The molecule has 5 aromatic rings. The second-order valence-corrected chi connectivity index (χ2v) is 16.4. The van der Waals surface area contributed by atoms with Crippen LogP contribution in [0, 0.1) is 0 Å². The number of benzene rings is 5. The number of guanidine groups is 1. The highest BCUT2D eigenvalue weighted by Crippen LogP contribution is 2.40. The van der Waals surface area contributed by atoms with Gasteiger partial charge in [0.05, 0.1) is 46.0 Å². The van der Waals surface area contributed by atoms with E-state index in [-0.39, 0.29) is 43.4 Å². The summed E-state index contributed by atoms with van der Waals surface area (Å²) in [5.74, 6) is -0.569. The molecule has 0 saturated carbocycles. The molecule has 5 aromatic carbocycles. The molecule has 0 bridgehead atoms. The Morgan fingerprint density at radius 3 is 1.01 bits per heavy atom. The van der Waals surface area contributed by atoms with Crippen LogP contribution in [0.25, 0.3) is 0 Å². The number of thiocarbonyl (C=S) groups is 2. The van der Waals surface area contributed by atoms with Crippen molar-refractivity contribution < 1.29 is 79.0 Å². The van der Waals surface area contributed by atoms with Crippen LogP contribution in [-0.2, 0) is 49.9 Å². The zero-order chi connectivity index (χ0) is 53.5. The molecule has 0 heterocycles. The smallest absolute Gasteiger partial charge is 0.358 e. The van der Waals surface area contributed by atoms with E-state index >= 15 is 0 Å². The lowest BCUT2D eigenvalue weighted by molar-refractivity contribution is -0.144. The first-order valence-corrected chi connectivity index (χ1v) is 21.2. The monoisotopic (exact) mass is 1120 g/mol. The van der Waals surface area contributed by atoms with E-state index in [1.54, 1.807) is 60.7 Å². The molecule has 28 heteroatoms. The van der Waals surface area contributed by atoms with E-state index < -0.39 is 129 Å². The predicted molar refractivity (Wildman–Crippen MR) is 247 cm³/mol. The van der Waals surface area contributed by atoms with Gasteiger partial charge >= 0.3 is 37.1 Å². The van der Waals surface area contributed by atoms with Gasteiger partial charge in [-0.25, -0.2) is 0 Å². The number of nitrogens with zero attached hydrogens (tertiary/aromatic N) is 1. The number of alkyl halides is 18. The molecule has 0 aromatic heterocycles. The minimum absolute atomic E-state index is 0. The van der Waals surface area contributed by atoms with Crippen LogP contribution in [-0.4, -0.2) is 41.4 Å². The molecule has 0 aliphatic heterocycles. The lowest BCUT2D eigenvalue weighted by Crippen LogP contribution is -2.48. The van der Waals surface area contributed by atoms with E-state index in [0.717, 1.165) is 0 Å². The van der Waals surface area contributed by atoms with Crippen molar-refractivity contribution in [2.75, 3.05) is 29.0 Å². The molecule has 0 aliphatic carbocycles. The summed E-state index contributed by atoms with van der Waals surface area (Å²) in [6.45, 7) is -1.01. The maximum Gasteiger partial charge on any atom is 0.416 e. The van der Waals surface area contributed by atoms with E-state index in [2.05, 4.69) is 36.9 Å². The molecule has 73 heavy (non-hydrogen) atoms. The number of nitrogens with one attached hydrogen (secondary N) is 6. The second-order valence-electron chi connectivity index (χ2n) is 15.5. The predicted octanol–water partition coefficient (Wildman–Crippen LogP) is 13.8. The molecular weight excluding hydrogens is 1080 g/mol. The third kappa shape index (κ3) is 18.7. The largest absolute Gasteiger partial charge is 0.416 e. The summed E-state index contributed by atoms with van der Waals surface area (Å²) < 4.78 is 247. The Morgan fingerprint density at radius 2 is 0.699 bits per heavy atom. The number of hydrogen-bond acceptors (Lipinski definition) is 3. The molecule has 396 valence electrons. The summed E-state index contributed by atoms with van der Waals surface area (Å²) in [5, 5.41) is 13.9. The SMILES string of the molecule is Cl.FC(F)(F)c1cc(NC(=S)N[C@H](CN=C(NC[C@H](Cc2ccccc2)NC(=S)Nc2cc(C(F)(F)F)cc(C(F)(F)F)c2)Nc2cc(C(F)(F)F)cc(C(F)(F)F)c2)Cc2ccccc2)cc(C(F)(F)F)c1. The summed E-state index contributed by atoms with van der Waals surface area (Å²) in [7, 11) is 0. The number of hydrogen-bond donors (Lipinski definition) is 6. The third-order valence-corrected chi connectivity index (χ3v) is 10.3. The number of halogens is 19. The number of aliphatic imine (C=N–C) groups is 1. The molecule has 2 atom stereocenters. The van der Waals surface area contributed by atoms with E-state index in [1.807, 2.05) is 0 Å². The molecule has 0 spiro atoms. The fourth-order valence-electron chi connectivity index (χ4n) is 6.62. The van der Waals surface area contributed by atoms with Gasteiger partial charge in [0, 0.05) is 29.6 Å². The molecule has 0 saturated heterocycles. The molecule has 0 radical (unpaired) electrons. The third-order valence-electron chi connectivity index (χ3n) is 9.85. The van der Waals surface area contributed by atoms with Crippen LogP contribution < -0.4 is 31.9 Å². The first-order chi connectivity index (χ1) is 33.2. The Labute approximate surface area is 419 Å². The van der Waals surface area contributed by atoms with Crippen molar-refractivity contribution >= 4 is 70.1 Å². The van der Waals surface area contributed by atoms with Gasteiger partial charge in [0.1, 0.15) is 0 Å².